The van der Waals surface area contributed by atoms with E-state index in [0.717, 1.165) is 55.0 Å². The van der Waals surface area contributed by atoms with Crippen molar-refractivity contribution < 1.29 is 4.74 Å². The van der Waals surface area contributed by atoms with Gasteiger partial charge in [-0.25, -0.2) is 4.98 Å². The van der Waals surface area contributed by atoms with Gasteiger partial charge in [-0.1, -0.05) is 60.5 Å². The van der Waals surface area contributed by atoms with Gasteiger partial charge in [0.05, 0.1) is 17.6 Å². The van der Waals surface area contributed by atoms with E-state index in [1.807, 2.05) is 59.0 Å². The van der Waals surface area contributed by atoms with Crippen molar-refractivity contribution in [2.75, 3.05) is 49.3 Å². The van der Waals surface area contributed by atoms with Crippen LogP contribution in [0, 0.1) is 0 Å². The van der Waals surface area contributed by atoms with E-state index in [2.05, 4.69) is 53.4 Å². The Morgan fingerprint density at radius 3 is 2.24 bits per heavy atom. The second kappa shape index (κ2) is 21.9. The highest BCUT2D eigenvalue weighted by Crippen LogP contribution is 2.25. The minimum Gasteiger partial charge on any atom is -0.476 e. The maximum absolute atomic E-state index is 6.10. The number of nitrogens with zero attached hydrogens (tertiary/aromatic N) is 4. The molecule has 1 aromatic carbocycles. The minimum absolute atomic E-state index is 0.530. The predicted octanol–water partition coefficient (Wildman–Crippen LogP) is 6.99. The van der Waals surface area contributed by atoms with E-state index < -0.39 is 0 Å². The smallest absolute Gasteiger partial charge is 0.229 e. The number of hydrogen-bond acceptors (Lipinski definition) is 8. The van der Waals surface area contributed by atoms with Crippen molar-refractivity contribution in [3.63, 3.8) is 0 Å². The zero-order chi connectivity index (χ0) is 28.8. The summed E-state index contributed by atoms with van der Waals surface area (Å²) in [5, 5.41) is 7.46. The third-order valence-electron chi connectivity index (χ3n) is 5.38. The monoisotopic (exact) mass is 527 g/mol. The molecule has 0 aliphatic heterocycles. The SMILES string of the molecule is C/C=C(\C)c1cc(N/N=C/c2cc(OCCNC)nc(N(CCC)CCC)n2)ccc1N.CC.CCCC. The molecular weight excluding hydrogens is 474 g/mol. The van der Waals surface area contributed by atoms with Gasteiger partial charge in [0.1, 0.15) is 6.61 Å². The molecule has 0 aliphatic rings. The molecule has 4 N–H and O–H groups in total. The summed E-state index contributed by atoms with van der Waals surface area (Å²) >= 11 is 0. The van der Waals surface area contributed by atoms with E-state index in [1.54, 1.807) is 12.3 Å². The van der Waals surface area contributed by atoms with Crippen molar-refractivity contribution in [1.29, 1.82) is 0 Å². The molecular formula is C30H53N7O. The molecule has 2 aromatic rings. The number of allylic oxidation sites excluding steroid dienone is 2. The van der Waals surface area contributed by atoms with Gasteiger partial charge in [0, 0.05) is 37.0 Å². The molecule has 0 spiro atoms. The van der Waals surface area contributed by atoms with Gasteiger partial charge in [-0.15, -0.1) is 0 Å². The molecule has 214 valence electrons. The number of likely N-dealkylation sites (N-methyl/N-ethyl adjacent to an activating group) is 1. The van der Waals surface area contributed by atoms with Crippen molar-refractivity contribution in [2.24, 2.45) is 5.10 Å². The normalized spacial score (nSPS) is 10.8. The zero-order valence-electron chi connectivity index (χ0n) is 25.4. The van der Waals surface area contributed by atoms with Crippen LogP contribution in [-0.2, 0) is 0 Å². The molecule has 0 bridgehead atoms. The van der Waals surface area contributed by atoms with Crippen LogP contribution in [0.15, 0.2) is 35.4 Å². The molecule has 0 aliphatic carbocycles. The Bertz CT molecular complexity index is 936. The fourth-order valence-corrected chi connectivity index (χ4v) is 3.12. The summed E-state index contributed by atoms with van der Waals surface area (Å²) in [5.41, 5.74) is 13.6. The Balaban J connectivity index is 0.00000208. The van der Waals surface area contributed by atoms with Crippen LogP contribution >= 0.6 is 0 Å². The van der Waals surface area contributed by atoms with Gasteiger partial charge >= 0.3 is 0 Å². The first kappa shape index (κ1) is 34.9. The minimum atomic E-state index is 0.530. The number of anilines is 3. The lowest BCUT2D eigenvalue weighted by molar-refractivity contribution is 0.306. The number of rotatable bonds is 14. The summed E-state index contributed by atoms with van der Waals surface area (Å²) < 4.78 is 5.82. The zero-order valence-corrected chi connectivity index (χ0v) is 25.4. The number of unbranched alkanes of at least 4 members (excludes halogenated alkanes) is 1. The third-order valence-corrected chi connectivity index (χ3v) is 5.38. The van der Waals surface area contributed by atoms with Crippen LogP contribution in [0.4, 0.5) is 17.3 Å². The molecule has 8 nitrogen and oxygen atoms in total. The van der Waals surface area contributed by atoms with Crippen LogP contribution in [0.25, 0.3) is 5.57 Å². The van der Waals surface area contributed by atoms with E-state index in [1.165, 1.54) is 12.8 Å². The van der Waals surface area contributed by atoms with Crippen LogP contribution in [0.3, 0.4) is 0 Å². The van der Waals surface area contributed by atoms with Crippen molar-refractivity contribution in [1.82, 2.24) is 15.3 Å². The van der Waals surface area contributed by atoms with Crippen LogP contribution in [0.5, 0.6) is 5.88 Å². The Hall–Kier alpha value is -3.13. The standard InChI is InChI=1S/C24H37N7O.C4H10.C2H6/c1-6-12-31(13-7-2)24-28-20(16-23(29-24)32-14-11-26-5)17-27-30-19-9-10-22(25)21(15-19)18(4)8-3;1-3-4-2;1-2/h8-10,15-17,26,30H,6-7,11-14,25H2,1-5H3;3-4H2,1-2H3;1-2H3/b18-8+,27-17+;;. The Labute approximate surface area is 232 Å². The second-order valence-electron chi connectivity index (χ2n) is 8.51. The van der Waals surface area contributed by atoms with E-state index in [9.17, 15) is 0 Å². The summed E-state index contributed by atoms with van der Waals surface area (Å²) in [6.45, 7) is 19.7. The highest BCUT2D eigenvalue weighted by Gasteiger charge is 2.12. The van der Waals surface area contributed by atoms with Crippen LogP contribution < -0.4 is 26.1 Å². The molecule has 0 amide bonds. The van der Waals surface area contributed by atoms with Gasteiger partial charge in [0.15, 0.2) is 0 Å². The van der Waals surface area contributed by atoms with Crippen LogP contribution in [0.1, 0.15) is 92.3 Å². The molecule has 8 heteroatoms. The molecule has 0 radical (unpaired) electrons. The first-order chi connectivity index (χ1) is 18.4. The number of hydrogen-bond donors (Lipinski definition) is 3. The van der Waals surface area contributed by atoms with E-state index in [4.69, 9.17) is 15.5 Å². The van der Waals surface area contributed by atoms with Gasteiger partial charge in [-0.05, 0) is 57.5 Å². The Morgan fingerprint density at radius 1 is 1.03 bits per heavy atom. The molecule has 0 atom stereocenters. The molecule has 0 unspecified atom stereocenters. The molecule has 38 heavy (non-hydrogen) atoms. The average molecular weight is 528 g/mol. The highest BCUT2D eigenvalue weighted by molar-refractivity contribution is 5.80. The first-order valence-corrected chi connectivity index (χ1v) is 14.2. The number of aromatic nitrogens is 2. The number of nitrogens with two attached hydrogens (primary N) is 1. The molecule has 1 aromatic heterocycles. The lowest BCUT2D eigenvalue weighted by Crippen LogP contribution is -2.27. The number of hydrazone groups is 1. The van der Waals surface area contributed by atoms with Gasteiger partial charge < -0.3 is 20.7 Å². The highest BCUT2D eigenvalue weighted by atomic mass is 16.5. The van der Waals surface area contributed by atoms with Gasteiger partial charge in [-0.3, -0.25) is 5.43 Å². The van der Waals surface area contributed by atoms with Crippen molar-refractivity contribution in [2.45, 2.75) is 81.1 Å². The number of nitrogens with one attached hydrogen (secondary N) is 2. The maximum Gasteiger partial charge on any atom is 0.229 e. The van der Waals surface area contributed by atoms with Crippen molar-refractivity contribution in [3.05, 3.63) is 41.6 Å². The lowest BCUT2D eigenvalue weighted by atomic mass is 10.0. The molecule has 0 saturated carbocycles. The quantitative estimate of drug-likeness (QED) is 0.105. The van der Waals surface area contributed by atoms with Gasteiger partial charge in [0.2, 0.25) is 11.8 Å². The predicted molar refractivity (Wildman–Crippen MR) is 168 cm³/mol. The van der Waals surface area contributed by atoms with Gasteiger partial charge in [0.25, 0.3) is 0 Å². The first-order valence-electron chi connectivity index (χ1n) is 14.2. The van der Waals surface area contributed by atoms with Crippen LogP contribution in [-0.4, -0.2) is 49.5 Å². The summed E-state index contributed by atoms with van der Waals surface area (Å²) in [6.07, 6.45) is 8.40. The Kier molecular flexibility index (Phi) is 20.1. The lowest BCUT2D eigenvalue weighted by Gasteiger charge is -2.22. The van der Waals surface area contributed by atoms with E-state index in [-0.39, 0.29) is 0 Å². The summed E-state index contributed by atoms with van der Waals surface area (Å²) in [7, 11) is 1.89. The fraction of sp³-hybridized carbons (Fsp3) is 0.567. The molecule has 0 saturated heterocycles. The van der Waals surface area contributed by atoms with E-state index >= 15 is 0 Å². The number of nitrogen functional groups attached to an aromatic ring is 1. The third kappa shape index (κ3) is 13.4. The largest absolute Gasteiger partial charge is 0.476 e. The molecule has 2 rings (SSSR count). The summed E-state index contributed by atoms with van der Waals surface area (Å²) in [5.74, 6) is 1.21. The second-order valence-corrected chi connectivity index (χ2v) is 8.51. The average Bonchev–Trinajstić information content (AvgIpc) is 2.94. The molecule has 0 fully saturated rings. The van der Waals surface area contributed by atoms with Crippen LogP contribution in [0.2, 0.25) is 0 Å². The van der Waals surface area contributed by atoms with E-state index in [0.29, 0.717) is 24.1 Å². The topological polar surface area (TPSA) is 101 Å². The van der Waals surface area contributed by atoms with Crippen molar-refractivity contribution in [3.8, 4) is 5.88 Å². The Morgan fingerprint density at radius 2 is 1.68 bits per heavy atom. The summed E-state index contributed by atoms with van der Waals surface area (Å²) in [6, 6.07) is 7.58. The molecule has 1 heterocycles. The van der Waals surface area contributed by atoms with Crippen molar-refractivity contribution >= 4 is 29.1 Å². The number of ether oxygens (including phenoxy) is 1. The fourth-order valence-electron chi connectivity index (χ4n) is 3.12. The maximum atomic E-state index is 6.10. The van der Waals surface area contributed by atoms with Gasteiger partial charge in [-0.2, -0.15) is 10.1 Å². The number of benzene rings is 1. The summed E-state index contributed by atoms with van der Waals surface area (Å²) in [4.78, 5) is 11.5.